The summed E-state index contributed by atoms with van der Waals surface area (Å²) in [6.45, 7) is 2.07. The Morgan fingerprint density at radius 2 is 2.15 bits per heavy atom. The normalized spacial score (nSPS) is 19.8. The molecule has 1 aromatic heterocycles. The molecule has 0 saturated heterocycles. The summed E-state index contributed by atoms with van der Waals surface area (Å²) in [6, 6.07) is 2.03. The minimum absolute atomic E-state index is 0.0533. The van der Waals surface area contributed by atoms with Gasteiger partial charge in [-0.2, -0.15) is 0 Å². The molecule has 1 atom stereocenters. The zero-order chi connectivity index (χ0) is 14.8. The number of halogens is 1. The number of hydrogen-bond acceptors (Lipinski definition) is 3. The standard InChI is InChI=1S/C15H22BrNO2S/c1-10-11(16)7-13(20-10)12(17)8-15(9-14(18)19)5-3-2-4-6-15/h7,12H,2-6,8-9,17H2,1H3,(H,18,19). The molecule has 112 valence electrons. The summed E-state index contributed by atoms with van der Waals surface area (Å²) in [4.78, 5) is 13.6. The van der Waals surface area contributed by atoms with Crippen LogP contribution in [0.1, 0.15) is 60.7 Å². The summed E-state index contributed by atoms with van der Waals surface area (Å²) in [6.07, 6.45) is 6.52. The molecule has 1 fully saturated rings. The molecule has 0 aliphatic heterocycles. The quantitative estimate of drug-likeness (QED) is 0.804. The van der Waals surface area contributed by atoms with E-state index in [0.29, 0.717) is 0 Å². The minimum atomic E-state index is -0.692. The molecule has 0 amide bonds. The second-order valence-electron chi connectivity index (χ2n) is 5.99. The predicted octanol–water partition coefficient (Wildman–Crippen LogP) is 4.63. The van der Waals surface area contributed by atoms with Gasteiger partial charge in [-0.3, -0.25) is 4.79 Å². The second-order valence-corrected chi connectivity index (χ2v) is 8.14. The van der Waals surface area contributed by atoms with Gasteiger partial charge in [0.25, 0.3) is 0 Å². The summed E-state index contributed by atoms with van der Waals surface area (Å²) in [5.74, 6) is -0.692. The van der Waals surface area contributed by atoms with E-state index >= 15 is 0 Å². The Kier molecular flexibility index (Phi) is 5.26. The lowest BCUT2D eigenvalue weighted by molar-refractivity contribution is -0.140. The molecular weight excluding hydrogens is 338 g/mol. The van der Waals surface area contributed by atoms with Crippen molar-refractivity contribution in [2.75, 3.05) is 0 Å². The SMILES string of the molecule is Cc1sc(C(N)CC2(CC(=O)O)CCCCC2)cc1Br. The lowest BCUT2D eigenvalue weighted by atomic mass is 9.68. The first-order chi connectivity index (χ1) is 9.42. The molecule has 2 rings (SSSR count). The van der Waals surface area contributed by atoms with Gasteiger partial charge in [-0.05, 0) is 53.6 Å². The van der Waals surface area contributed by atoms with Crippen LogP contribution in [0.5, 0.6) is 0 Å². The summed E-state index contributed by atoms with van der Waals surface area (Å²) in [7, 11) is 0. The number of carboxylic acids is 1. The fraction of sp³-hybridized carbons (Fsp3) is 0.667. The largest absolute Gasteiger partial charge is 0.481 e. The lowest BCUT2D eigenvalue weighted by Gasteiger charge is -2.38. The molecular formula is C15H22BrNO2S. The average Bonchev–Trinajstić information content (AvgIpc) is 2.69. The van der Waals surface area contributed by atoms with Crippen molar-refractivity contribution >= 4 is 33.2 Å². The van der Waals surface area contributed by atoms with Crippen LogP contribution in [-0.4, -0.2) is 11.1 Å². The summed E-state index contributed by atoms with van der Waals surface area (Å²) >= 11 is 5.23. The number of aliphatic carboxylic acids is 1. The zero-order valence-corrected chi connectivity index (χ0v) is 14.2. The molecule has 3 nitrogen and oxygen atoms in total. The maximum atomic E-state index is 11.2. The molecule has 5 heteroatoms. The molecule has 0 radical (unpaired) electrons. The number of carbonyl (C=O) groups is 1. The lowest BCUT2D eigenvalue weighted by Crippen LogP contribution is -2.31. The Morgan fingerprint density at radius 3 is 2.65 bits per heavy atom. The molecule has 0 spiro atoms. The predicted molar refractivity (Wildman–Crippen MR) is 86.1 cm³/mol. The van der Waals surface area contributed by atoms with Gasteiger partial charge in [0.2, 0.25) is 0 Å². The third kappa shape index (κ3) is 3.83. The maximum Gasteiger partial charge on any atom is 0.303 e. The van der Waals surface area contributed by atoms with Crippen LogP contribution in [0, 0.1) is 12.3 Å². The van der Waals surface area contributed by atoms with Crippen molar-refractivity contribution in [2.24, 2.45) is 11.1 Å². The molecule has 20 heavy (non-hydrogen) atoms. The first kappa shape index (κ1) is 16.0. The van der Waals surface area contributed by atoms with Gasteiger partial charge in [0.05, 0.1) is 6.42 Å². The number of aryl methyl sites for hydroxylation is 1. The van der Waals surface area contributed by atoms with Gasteiger partial charge < -0.3 is 10.8 Å². The molecule has 1 aliphatic carbocycles. The Bertz CT molecular complexity index is 461. The van der Waals surface area contributed by atoms with Crippen molar-refractivity contribution < 1.29 is 9.90 Å². The van der Waals surface area contributed by atoms with Gasteiger partial charge in [0.1, 0.15) is 0 Å². The highest BCUT2D eigenvalue weighted by molar-refractivity contribution is 9.10. The molecule has 0 bridgehead atoms. The van der Waals surface area contributed by atoms with Crippen LogP contribution in [0.3, 0.4) is 0 Å². The fourth-order valence-corrected chi connectivity index (χ4v) is 4.87. The number of thiophene rings is 1. The third-order valence-corrected chi connectivity index (χ3v) is 6.60. The van der Waals surface area contributed by atoms with E-state index in [-0.39, 0.29) is 17.9 Å². The zero-order valence-electron chi connectivity index (χ0n) is 11.8. The van der Waals surface area contributed by atoms with E-state index in [4.69, 9.17) is 5.73 Å². The molecule has 1 aromatic rings. The summed E-state index contributed by atoms with van der Waals surface area (Å²) in [5, 5.41) is 9.22. The highest BCUT2D eigenvalue weighted by Crippen LogP contribution is 2.46. The third-order valence-electron chi connectivity index (χ3n) is 4.34. The van der Waals surface area contributed by atoms with Crippen LogP contribution in [0.25, 0.3) is 0 Å². The van der Waals surface area contributed by atoms with Gasteiger partial charge in [-0.15, -0.1) is 11.3 Å². The van der Waals surface area contributed by atoms with Crippen molar-refractivity contribution in [3.8, 4) is 0 Å². The van der Waals surface area contributed by atoms with E-state index in [1.165, 1.54) is 11.3 Å². The van der Waals surface area contributed by atoms with E-state index in [1.807, 2.05) is 0 Å². The molecule has 1 unspecified atom stereocenters. The van der Waals surface area contributed by atoms with Crippen LogP contribution in [0.4, 0.5) is 0 Å². The number of carboxylic acid groups (broad SMARTS) is 1. The van der Waals surface area contributed by atoms with Gasteiger partial charge in [0, 0.05) is 20.3 Å². The molecule has 0 aromatic carbocycles. The van der Waals surface area contributed by atoms with E-state index < -0.39 is 5.97 Å². The molecule has 1 heterocycles. The molecule has 3 N–H and O–H groups in total. The van der Waals surface area contributed by atoms with E-state index in [2.05, 4.69) is 28.9 Å². The average molecular weight is 360 g/mol. The van der Waals surface area contributed by atoms with Crippen molar-refractivity contribution in [3.05, 3.63) is 20.3 Å². The van der Waals surface area contributed by atoms with E-state index in [0.717, 1.165) is 41.5 Å². The Morgan fingerprint density at radius 1 is 1.50 bits per heavy atom. The van der Waals surface area contributed by atoms with E-state index in [9.17, 15) is 9.90 Å². The van der Waals surface area contributed by atoms with Gasteiger partial charge in [-0.1, -0.05) is 19.3 Å². The van der Waals surface area contributed by atoms with Crippen molar-refractivity contribution in [2.45, 2.75) is 57.9 Å². The Labute approximate surface area is 132 Å². The summed E-state index contributed by atoms with van der Waals surface area (Å²) in [5.41, 5.74) is 6.26. The van der Waals surface area contributed by atoms with Gasteiger partial charge in [0.15, 0.2) is 0 Å². The van der Waals surface area contributed by atoms with Crippen LogP contribution >= 0.6 is 27.3 Å². The van der Waals surface area contributed by atoms with Gasteiger partial charge >= 0.3 is 5.97 Å². The van der Waals surface area contributed by atoms with Crippen LogP contribution in [-0.2, 0) is 4.79 Å². The Hall–Kier alpha value is -0.390. The molecule has 1 saturated carbocycles. The fourth-order valence-electron chi connectivity index (χ4n) is 3.31. The van der Waals surface area contributed by atoms with Crippen molar-refractivity contribution in [1.82, 2.24) is 0 Å². The van der Waals surface area contributed by atoms with Gasteiger partial charge in [-0.25, -0.2) is 0 Å². The van der Waals surface area contributed by atoms with E-state index in [1.54, 1.807) is 11.3 Å². The molecule has 1 aliphatic rings. The topological polar surface area (TPSA) is 63.3 Å². The van der Waals surface area contributed by atoms with Crippen LogP contribution in [0.2, 0.25) is 0 Å². The first-order valence-corrected chi connectivity index (χ1v) is 8.76. The van der Waals surface area contributed by atoms with Crippen LogP contribution in [0.15, 0.2) is 10.5 Å². The number of nitrogens with two attached hydrogens (primary N) is 1. The highest BCUT2D eigenvalue weighted by Gasteiger charge is 2.36. The number of hydrogen-bond donors (Lipinski definition) is 2. The van der Waals surface area contributed by atoms with Crippen molar-refractivity contribution in [3.63, 3.8) is 0 Å². The maximum absolute atomic E-state index is 11.2. The number of rotatable bonds is 5. The Balaban J connectivity index is 2.12. The minimum Gasteiger partial charge on any atom is -0.481 e. The first-order valence-electron chi connectivity index (χ1n) is 7.15. The van der Waals surface area contributed by atoms with Crippen LogP contribution < -0.4 is 5.73 Å². The smallest absolute Gasteiger partial charge is 0.303 e. The summed E-state index contributed by atoms with van der Waals surface area (Å²) < 4.78 is 1.10. The van der Waals surface area contributed by atoms with Crippen molar-refractivity contribution in [1.29, 1.82) is 0 Å². The second kappa shape index (κ2) is 6.58. The highest BCUT2D eigenvalue weighted by atomic mass is 79.9. The monoisotopic (exact) mass is 359 g/mol.